The lowest BCUT2D eigenvalue weighted by Crippen LogP contribution is -2.05. The van der Waals surface area contributed by atoms with Gasteiger partial charge in [0.1, 0.15) is 5.82 Å². The number of hydrogen-bond acceptors (Lipinski definition) is 1. The summed E-state index contributed by atoms with van der Waals surface area (Å²) in [6.07, 6.45) is -0.875. The first-order valence-corrected chi connectivity index (χ1v) is 7.24. The van der Waals surface area contributed by atoms with E-state index in [9.17, 15) is 18.3 Å². The van der Waals surface area contributed by atoms with Crippen LogP contribution in [-0.4, -0.2) is 5.11 Å². The molecule has 0 saturated carbocycles. The molecule has 2 aromatic carbocycles. The van der Waals surface area contributed by atoms with E-state index in [2.05, 4.69) is 31.9 Å². The van der Waals surface area contributed by atoms with Gasteiger partial charge in [-0.25, -0.2) is 13.2 Å². The number of benzene rings is 2. The Labute approximate surface area is 130 Å². The minimum Gasteiger partial charge on any atom is -0.388 e. The molecule has 1 atom stereocenters. The fourth-order valence-corrected chi connectivity index (χ4v) is 2.81. The van der Waals surface area contributed by atoms with E-state index in [4.69, 9.17) is 0 Å². The van der Waals surface area contributed by atoms with Crippen molar-refractivity contribution in [1.82, 2.24) is 0 Å². The average Bonchev–Trinajstić information content (AvgIpc) is 2.40. The van der Waals surface area contributed by atoms with Crippen LogP contribution in [0.5, 0.6) is 0 Å². The highest BCUT2D eigenvalue weighted by Crippen LogP contribution is 2.30. The molecule has 106 valence electrons. The van der Waals surface area contributed by atoms with Gasteiger partial charge in [0.25, 0.3) is 0 Å². The van der Waals surface area contributed by atoms with E-state index in [-0.39, 0.29) is 20.9 Å². The molecule has 2 aromatic rings. The summed E-state index contributed by atoms with van der Waals surface area (Å²) in [5, 5.41) is 10.1. The minimum atomic E-state index is -1.04. The molecule has 0 aromatic heterocycles. The highest BCUT2D eigenvalue weighted by molar-refractivity contribution is 9.10. The molecule has 1 N–H and O–H groups in total. The average molecular weight is 410 g/mol. The monoisotopic (exact) mass is 408 g/mol. The van der Waals surface area contributed by atoms with E-state index in [1.807, 2.05) is 0 Å². The standard InChI is InChI=1S/C14H9Br2F3O/c15-9-5-7(1-3-10(9)17)6-12(20)8-2-4-11(18)14(19)13(8)16/h1-5,12,20H,6H2. The van der Waals surface area contributed by atoms with Crippen molar-refractivity contribution in [2.24, 2.45) is 0 Å². The molecular formula is C14H9Br2F3O. The number of aliphatic hydroxyl groups excluding tert-OH is 1. The third-order valence-electron chi connectivity index (χ3n) is 2.84. The maximum absolute atomic E-state index is 13.4. The number of hydrogen-bond donors (Lipinski definition) is 1. The third-order valence-corrected chi connectivity index (χ3v) is 4.25. The molecule has 0 spiro atoms. The molecule has 6 heteroatoms. The summed E-state index contributed by atoms with van der Waals surface area (Å²) in [6.45, 7) is 0. The topological polar surface area (TPSA) is 20.2 Å². The molecule has 0 bridgehead atoms. The highest BCUT2D eigenvalue weighted by Gasteiger charge is 2.18. The van der Waals surface area contributed by atoms with Crippen molar-refractivity contribution in [1.29, 1.82) is 0 Å². The Morgan fingerprint density at radius 3 is 2.30 bits per heavy atom. The SMILES string of the molecule is OC(Cc1ccc(F)c(Br)c1)c1ccc(F)c(F)c1Br. The molecule has 0 radical (unpaired) electrons. The lowest BCUT2D eigenvalue weighted by molar-refractivity contribution is 0.177. The lowest BCUT2D eigenvalue weighted by atomic mass is 10.0. The summed E-state index contributed by atoms with van der Waals surface area (Å²) in [6, 6.07) is 6.60. The van der Waals surface area contributed by atoms with Crippen LogP contribution >= 0.6 is 31.9 Å². The van der Waals surface area contributed by atoms with Crippen LogP contribution in [0.1, 0.15) is 17.2 Å². The smallest absolute Gasteiger partial charge is 0.173 e. The maximum atomic E-state index is 13.4. The number of aliphatic hydroxyl groups is 1. The van der Waals surface area contributed by atoms with Crippen molar-refractivity contribution in [3.05, 3.63) is 67.9 Å². The Morgan fingerprint density at radius 2 is 1.65 bits per heavy atom. The fourth-order valence-electron chi connectivity index (χ4n) is 1.80. The number of halogens is 5. The zero-order valence-corrected chi connectivity index (χ0v) is 13.2. The Balaban J connectivity index is 2.26. The molecule has 0 aliphatic heterocycles. The zero-order valence-electron chi connectivity index (χ0n) is 10.0. The minimum absolute atomic E-state index is 0.105. The predicted molar refractivity (Wildman–Crippen MR) is 76.8 cm³/mol. The van der Waals surface area contributed by atoms with Crippen molar-refractivity contribution >= 4 is 31.9 Å². The van der Waals surface area contributed by atoms with Crippen LogP contribution < -0.4 is 0 Å². The lowest BCUT2D eigenvalue weighted by Gasteiger charge is -2.14. The molecule has 0 aliphatic rings. The Kier molecular flexibility index (Phi) is 4.88. The van der Waals surface area contributed by atoms with Gasteiger partial charge >= 0.3 is 0 Å². The second-order valence-electron chi connectivity index (χ2n) is 4.23. The van der Waals surface area contributed by atoms with Gasteiger partial charge in [-0.2, -0.15) is 0 Å². The summed E-state index contributed by atoms with van der Waals surface area (Å²) < 4.78 is 39.7. The van der Waals surface area contributed by atoms with Gasteiger partial charge < -0.3 is 5.11 Å². The van der Waals surface area contributed by atoms with Gasteiger partial charge in [-0.1, -0.05) is 12.1 Å². The van der Waals surface area contributed by atoms with Crippen LogP contribution in [0.4, 0.5) is 13.2 Å². The van der Waals surface area contributed by atoms with E-state index in [1.54, 1.807) is 0 Å². The molecule has 1 nitrogen and oxygen atoms in total. The largest absolute Gasteiger partial charge is 0.388 e. The normalized spacial score (nSPS) is 12.5. The summed E-state index contributed by atoms with van der Waals surface area (Å²) >= 11 is 5.98. The molecular weight excluding hydrogens is 401 g/mol. The molecule has 0 heterocycles. The van der Waals surface area contributed by atoms with Gasteiger partial charge in [-0.15, -0.1) is 0 Å². The van der Waals surface area contributed by atoms with Crippen molar-refractivity contribution in [3.8, 4) is 0 Å². The van der Waals surface area contributed by atoms with Crippen molar-refractivity contribution in [2.45, 2.75) is 12.5 Å². The van der Waals surface area contributed by atoms with Crippen LogP contribution in [0.15, 0.2) is 39.3 Å². The molecule has 0 aliphatic carbocycles. The van der Waals surface area contributed by atoms with E-state index in [0.29, 0.717) is 5.56 Å². The van der Waals surface area contributed by atoms with Crippen LogP contribution in [0.3, 0.4) is 0 Å². The molecule has 2 rings (SSSR count). The maximum Gasteiger partial charge on any atom is 0.173 e. The van der Waals surface area contributed by atoms with Gasteiger partial charge in [0.2, 0.25) is 0 Å². The zero-order chi connectivity index (χ0) is 14.9. The molecule has 20 heavy (non-hydrogen) atoms. The van der Waals surface area contributed by atoms with Gasteiger partial charge in [-0.3, -0.25) is 0 Å². The van der Waals surface area contributed by atoms with Gasteiger partial charge in [0, 0.05) is 6.42 Å². The van der Waals surface area contributed by atoms with Crippen LogP contribution in [0, 0.1) is 17.5 Å². The summed E-state index contributed by atoms with van der Waals surface area (Å²) in [5.74, 6) is -2.43. The predicted octanol–water partition coefficient (Wildman–Crippen LogP) is 4.91. The number of rotatable bonds is 3. The first kappa shape index (κ1) is 15.5. The summed E-state index contributed by atoms with van der Waals surface area (Å²) in [5.41, 5.74) is 0.909. The van der Waals surface area contributed by atoms with E-state index in [0.717, 1.165) is 6.07 Å². The molecule has 0 fully saturated rings. The van der Waals surface area contributed by atoms with Crippen LogP contribution in [0.25, 0.3) is 0 Å². The first-order valence-electron chi connectivity index (χ1n) is 5.65. The molecule has 0 saturated heterocycles. The second kappa shape index (κ2) is 6.28. The fraction of sp³-hybridized carbons (Fsp3) is 0.143. The van der Waals surface area contributed by atoms with E-state index in [1.165, 1.54) is 24.3 Å². The van der Waals surface area contributed by atoms with Crippen molar-refractivity contribution in [3.63, 3.8) is 0 Å². The van der Waals surface area contributed by atoms with Crippen molar-refractivity contribution < 1.29 is 18.3 Å². The second-order valence-corrected chi connectivity index (χ2v) is 5.88. The third kappa shape index (κ3) is 3.24. The Morgan fingerprint density at radius 1 is 1.00 bits per heavy atom. The van der Waals surface area contributed by atoms with Gasteiger partial charge in [0.15, 0.2) is 11.6 Å². The van der Waals surface area contributed by atoms with Crippen molar-refractivity contribution in [2.75, 3.05) is 0 Å². The quantitative estimate of drug-likeness (QED) is 0.714. The van der Waals surface area contributed by atoms with Crippen LogP contribution in [0.2, 0.25) is 0 Å². The summed E-state index contributed by atoms with van der Waals surface area (Å²) in [4.78, 5) is 0. The van der Waals surface area contributed by atoms with E-state index >= 15 is 0 Å². The summed E-state index contributed by atoms with van der Waals surface area (Å²) in [7, 11) is 0. The van der Waals surface area contributed by atoms with E-state index < -0.39 is 23.6 Å². The molecule has 1 unspecified atom stereocenters. The van der Waals surface area contributed by atoms with Crippen LogP contribution in [-0.2, 0) is 6.42 Å². The Bertz CT molecular complexity index is 647. The van der Waals surface area contributed by atoms with Gasteiger partial charge in [-0.05, 0) is 61.2 Å². The van der Waals surface area contributed by atoms with Gasteiger partial charge in [0.05, 0.1) is 15.0 Å². The first-order chi connectivity index (χ1) is 9.40. The molecule has 0 amide bonds. The Hall–Kier alpha value is -0.850. The highest BCUT2D eigenvalue weighted by atomic mass is 79.9.